The molecule has 5 heteroatoms. The first-order valence-electron chi connectivity index (χ1n) is 7.69. The van der Waals surface area contributed by atoms with Crippen LogP contribution in [0.3, 0.4) is 0 Å². The van der Waals surface area contributed by atoms with Crippen molar-refractivity contribution in [3.05, 3.63) is 47.3 Å². The molecule has 0 radical (unpaired) electrons. The van der Waals surface area contributed by atoms with Gasteiger partial charge in [0.05, 0.1) is 23.3 Å². The van der Waals surface area contributed by atoms with E-state index in [9.17, 15) is 4.79 Å². The van der Waals surface area contributed by atoms with Crippen LogP contribution in [-0.2, 0) is 4.79 Å². The summed E-state index contributed by atoms with van der Waals surface area (Å²) >= 11 is 0. The van der Waals surface area contributed by atoms with Crippen LogP contribution in [0.2, 0.25) is 0 Å². The summed E-state index contributed by atoms with van der Waals surface area (Å²) in [5.41, 5.74) is 4.27. The van der Waals surface area contributed by atoms with E-state index in [1.54, 1.807) is 0 Å². The summed E-state index contributed by atoms with van der Waals surface area (Å²) in [4.78, 5) is 12.0. The molecule has 1 aliphatic rings. The number of hydrogen-bond acceptors (Lipinski definition) is 3. The Labute approximate surface area is 130 Å². The van der Waals surface area contributed by atoms with Gasteiger partial charge in [-0.15, -0.1) is 0 Å². The van der Waals surface area contributed by atoms with Crippen LogP contribution in [0.15, 0.2) is 30.3 Å². The van der Waals surface area contributed by atoms with E-state index in [1.165, 1.54) is 0 Å². The molecule has 0 saturated carbocycles. The van der Waals surface area contributed by atoms with Crippen molar-refractivity contribution in [1.82, 2.24) is 20.4 Å². The van der Waals surface area contributed by atoms with Crippen LogP contribution < -0.4 is 10.6 Å². The van der Waals surface area contributed by atoms with Crippen LogP contribution >= 0.6 is 0 Å². The molecule has 0 aliphatic carbocycles. The first-order chi connectivity index (χ1) is 10.5. The molecule has 1 aliphatic heterocycles. The van der Waals surface area contributed by atoms with Gasteiger partial charge in [0, 0.05) is 18.8 Å². The molecule has 1 unspecified atom stereocenters. The van der Waals surface area contributed by atoms with Crippen LogP contribution in [-0.4, -0.2) is 28.8 Å². The van der Waals surface area contributed by atoms with Crippen molar-refractivity contribution in [3.63, 3.8) is 0 Å². The molecule has 0 spiro atoms. The number of hydrogen-bond donors (Lipinski definition) is 2. The Kier molecular flexibility index (Phi) is 3.98. The van der Waals surface area contributed by atoms with Gasteiger partial charge in [-0.2, -0.15) is 5.10 Å². The summed E-state index contributed by atoms with van der Waals surface area (Å²) in [5.74, 6) is 0.255. The molecule has 2 aromatic rings. The lowest BCUT2D eigenvalue weighted by atomic mass is 10.0. The first-order valence-corrected chi connectivity index (χ1v) is 7.69. The van der Waals surface area contributed by atoms with Crippen molar-refractivity contribution in [2.24, 2.45) is 5.92 Å². The number of carbonyl (C=O) groups is 1. The van der Waals surface area contributed by atoms with Gasteiger partial charge in [0.15, 0.2) is 0 Å². The molecule has 2 N–H and O–H groups in total. The molecule has 1 saturated heterocycles. The first kappa shape index (κ1) is 14.8. The normalized spacial score (nSPS) is 16.1. The molecule has 2 heterocycles. The number of nitrogens with one attached hydrogen (secondary N) is 2. The quantitative estimate of drug-likeness (QED) is 0.906. The molecule has 5 nitrogen and oxygen atoms in total. The molecular formula is C17H22N4O. The molecule has 1 fully saturated rings. The maximum atomic E-state index is 12.0. The maximum absolute atomic E-state index is 12.0. The van der Waals surface area contributed by atoms with Gasteiger partial charge in [-0.3, -0.25) is 4.79 Å². The average Bonchev–Trinajstić information content (AvgIpc) is 2.75. The van der Waals surface area contributed by atoms with Gasteiger partial charge in [-0.25, -0.2) is 4.68 Å². The minimum Gasteiger partial charge on any atom is -0.349 e. The summed E-state index contributed by atoms with van der Waals surface area (Å²) in [5, 5.41) is 10.7. The Bertz CT molecular complexity index is 670. The third-order valence-corrected chi connectivity index (χ3v) is 4.16. The number of rotatable bonds is 4. The highest BCUT2D eigenvalue weighted by molar-refractivity contribution is 5.80. The zero-order valence-corrected chi connectivity index (χ0v) is 13.3. The van der Waals surface area contributed by atoms with E-state index >= 15 is 0 Å². The lowest BCUT2D eigenvalue weighted by Crippen LogP contribution is -2.51. The van der Waals surface area contributed by atoms with Crippen LogP contribution in [0, 0.1) is 19.8 Å². The molecule has 116 valence electrons. The molecule has 1 atom stereocenters. The van der Waals surface area contributed by atoms with Crippen LogP contribution in [0.5, 0.6) is 0 Å². The molecule has 1 aromatic carbocycles. The Hall–Kier alpha value is -2.14. The van der Waals surface area contributed by atoms with Gasteiger partial charge < -0.3 is 10.6 Å². The number of aromatic nitrogens is 2. The van der Waals surface area contributed by atoms with E-state index in [1.807, 2.05) is 37.6 Å². The summed E-state index contributed by atoms with van der Waals surface area (Å²) < 4.78 is 1.93. The fraction of sp³-hybridized carbons (Fsp3) is 0.412. The zero-order chi connectivity index (χ0) is 15.7. The Morgan fingerprint density at radius 1 is 1.32 bits per heavy atom. The van der Waals surface area contributed by atoms with Crippen LogP contribution in [0.1, 0.15) is 29.9 Å². The topological polar surface area (TPSA) is 59.0 Å². The molecule has 1 amide bonds. The van der Waals surface area contributed by atoms with Crippen LogP contribution in [0.4, 0.5) is 0 Å². The largest absolute Gasteiger partial charge is 0.349 e. The van der Waals surface area contributed by atoms with E-state index in [2.05, 4.69) is 33.9 Å². The van der Waals surface area contributed by atoms with Gasteiger partial charge in [-0.1, -0.05) is 12.1 Å². The van der Waals surface area contributed by atoms with E-state index in [4.69, 9.17) is 0 Å². The van der Waals surface area contributed by atoms with Gasteiger partial charge in [0.1, 0.15) is 0 Å². The smallest absolute Gasteiger partial charge is 0.226 e. The van der Waals surface area contributed by atoms with Crippen LogP contribution in [0.25, 0.3) is 5.69 Å². The highest BCUT2D eigenvalue weighted by Crippen LogP contribution is 2.18. The predicted molar refractivity (Wildman–Crippen MR) is 86.0 cm³/mol. The molecule has 3 rings (SSSR count). The third kappa shape index (κ3) is 2.90. The summed E-state index contributed by atoms with van der Waals surface area (Å²) in [6.07, 6.45) is 0. The Morgan fingerprint density at radius 3 is 2.50 bits per heavy atom. The third-order valence-electron chi connectivity index (χ3n) is 4.16. The lowest BCUT2D eigenvalue weighted by Gasteiger charge is -2.27. The minimum absolute atomic E-state index is 0.0163. The van der Waals surface area contributed by atoms with E-state index < -0.39 is 0 Å². The summed E-state index contributed by atoms with van der Waals surface area (Å²) in [7, 11) is 0. The Morgan fingerprint density at radius 2 is 2.00 bits per heavy atom. The highest BCUT2D eigenvalue weighted by Gasteiger charge is 2.25. The second kappa shape index (κ2) is 5.93. The van der Waals surface area contributed by atoms with Crippen molar-refractivity contribution in [3.8, 4) is 5.69 Å². The SMILES string of the molecule is Cc1cc(C)n(-c2ccc(C(C)NC(=O)C3CNC3)cc2)n1. The molecular weight excluding hydrogens is 276 g/mol. The highest BCUT2D eigenvalue weighted by atomic mass is 16.2. The number of benzene rings is 1. The summed E-state index contributed by atoms with van der Waals surface area (Å²) in [6.45, 7) is 7.63. The van der Waals surface area contributed by atoms with Crippen molar-refractivity contribution < 1.29 is 4.79 Å². The lowest BCUT2D eigenvalue weighted by molar-refractivity contribution is -0.127. The zero-order valence-electron chi connectivity index (χ0n) is 13.3. The van der Waals surface area contributed by atoms with Gasteiger partial charge in [0.2, 0.25) is 5.91 Å². The predicted octanol–water partition coefficient (Wildman–Crippen LogP) is 1.89. The van der Waals surface area contributed by atoms with Crippen molar-refractivity contribution in [2.45, 2.75) is 26.8 Å². The summed E-state index contributed by atoms with van der Waals surface area (Å²) in [6, 6.07) is 10.3. The minimum atomic E-state index is 0.0163. The number of carbonyl (C=O) groups excluding carboxylic acids is 1. The number of amides is 1. The molecule has 0 bridgehead atoms. The standard InChI is InChI=1S/C17H22N4O/c1-11-8-12(2)21(20-11)16-6-4-14(5-7-16)13(3)19-17(22)15-9-18-10-15/h4-8,13,15,18H,9-10H2,1-3H3,(H,19,22). The second-order valence-corrected chi connectivity index (χ2v) is 6.02. The van der Waals surface area contributed by atoms with E-state index in [0.717, 1.165) is 35.7 Å². The van der Waals surface area contributed by atoms with Gasteiger partial charge in [-0.05, 0) is 44.5 Å². The maximum Gasteiger partial charge on any atom is 0.226 e. The van der Waals surface area contributed by atoms with Crippen molar-refractivity contribution >= 4 is 5.91 Å². The monoisotopic (exact) mass is 298 g/mol. The van der Waals surface area contributed by atoms with Crippen molar-refractivity contribution in [2.75, 3.05) is 13.1 Å². The van der Waals surface area contributed by atoms with Crippen molar-refractivity contribution in [1.29, 1.82) is 0 Å². The van der Waals surface area contributed by atoms with E-state index in [0.29, 0.717) is 0 Å². The number of nitrogens with zero attached hydrogens (tertiary/aromatic N) is 2. The Balaban J connectivity index is 1.70. The average molecular weight is 298 g/mol. The number of aryl methyl sites for hydroxylation is 2. The fourth-order valence-corrected chi connectivity index (χ4v) is 2.68. The molecule has 22 heavy (non-hydrogen) atoms. The fourth-order valence-electron chi connectivity index (χ4n) is 2.68. The van der Waals surface area contributed by atoms with Gasteiger partial charge >= 0.3 is 0 Å². The van der Waals surface area contributed by atoms with Gasteiger partial charge in [0.25, 0.3) is 0 Å². The molecule has 1 aromatic heterocycles. The second-order valence-electron chi connectivity index (χ2n) is 6.02. The van der Waals surface area contributed by atoms with E-state index in [-0.39, 0.29) is 17.9 Å².